The molecule has 0 radical (unpaired) electrons. The Balaban J connectivity index is 1.44. The van der Waals surface area contributed by atoms with Crippen molar-refractivity contribution in [2.45, 2.75) is 47.5 Å². The number of carbonyl (C=O) groups excluding carboxylic acids is 2. The number of nitrogens with zero attached hydrogens (tertiary/aromatic N) is 1. The topological polar surface area (TPSA) is 71.1 Å². The van der Waals surface area contributed by atoms with E-state index in [-0.39, 0.29) is 17.7 Å². The van der Waals surface area contributed by atoms with Crippen molar-refractivity contribution in [3.63, 3.8) is 0 Å². The summed E-state index contributed by atoms with van der Waals surface area (Å²) in [6.07, 6.45) is 6.06. The van der Waals surface area contributed by atoms with E-state index in [9.17, 15) is 9.59 Å². The molecule has 2 N–H and O–H groups in total. The van der Waals surface area contributed by atoms with E-state index in [1.54, 1.807) is 23.5 Å². The SMILES string of the molecule is CSc1sc(NC(=O)Nc2ccc(C)cc2C(=O)C2CCCC2)nc1CSc1ccccc1. The number of anilines is 2. The van der Waals surface area contributed by atoms with Crippen LogP contribution in [0, 0.1) is 12.8 Å². The summed E-state index contributed by atoms with van der Waals surface area (Å²) in [5.74, 6) is 0.923. The van der Waals surface area contributed by atoms with Crippen LogP contribution in [0.2, 0.25) is 0 Å². The number of urea groups is 1. The minimum atomic E-state index is -0.386. The van der Waals surface area contributed by atoms with E-state index >= 15 is 0 Å². The number of hydrogen-bond acceptors (Lipinski definition) is 6. The van der Waals surface area contributed by atoms with Crippen LogP contribution in [0.15, 0.2) is 57.6 Å². The zero-order valence-electron chi connectivity index (χ0n) is 18.7. The first-order valence-corrected chi connectivity index (χ1v) is 14.0. The number of aryl methyl sites for hydroxylation is 1. The Labute approximate surface area is 207 Å². The smallest absolute Gasteiger partial charge is 0.307 e. The number of rotatable bonds is 8. The van der Waals surface area contributed by atoms with E-state index in [4.69, 9.17) is 0 Å². The number of ketones is 1. The van der Waals surface area contributed by atoms with Crippen molar-refractivity contribution in [3.8, 4) is 0 Å². The Hall–Kier alpha value is -2.29. The second-order valence-corrected chi connectivity index (χ2v) is 11.2. The Bertz CT molecular complexity index is 1130. The minimum Gasteiger partial charge on any atom is -0.307 e. The van der Waals surface area contributed by atoms with Gasteiger partial charge in [0.05, 0.1) is 15.6 Å². The molecule has 8 heteroatoms. The van der Waals surface area contributed by atoms with Crippen LogP contribution in [0.25, 0.3) is 0 Å². The number of benzene rings is 2. The van der Waals surface area contributed by atoms with Crippen molar-refractivity contribution >= 4 is 57.5 Å². The number of amides is 2. The van der Waals surface area contributed by atoms with Crippen molar-refractivity contribution < 1.29 is 9.59 Å². The van der Waals surface area contributed by atoms with Crippen LogP contribution < -0.4 is 10.6 Å². The summed E-state index contributed by atoms with van der Waals surface area (Å²) in [6.45, 7) is 1.96. The van der Waals surface area contributed by atoms with Gasteiger partial charge in [-0.2, -0.15) is 0 Å². The van der Waals surface area contributed by atoms with Crippen LogP contribution in [0.1, 0.15) is 47.3 Å². The number of Topliss-reactive ketones (excluding diaryl/α,β-unsaturated/α-hetero) is 1. The van der Waals surface area contributed by atoms with Gasteiger partial charge in [-0.05, 0) is 50.3 Å². The Morgan fingerprint density at radius 2 is 1.85 bits per heavy atom. The molecular weight excluding hydrogens is 470 g/mol. The van der Waals surface area contributed by atoms with Crippen molar-refractivity contribution in [2.75, 3.05) is 16.9 Å². The molecule has 0 unspecified atom stereocenters. The first-order valence-electron chi connectivity index (χ1n) is 11.0. The average Bonchev–Trinajstić information content (AvgIpc) is 3.49. The highest BCUT2D eigenvalue weighted by Crippen LogP contribution is 2.35. The third-order valence-electron chi connectivity index (χ3n) is 5.60. The highest BCUT2D eigenvalue weighted by molar-refractivity contribution is 8.01. The number of nitrogens with one attached hydrogen (secondary N) is 2. The van der Waals surface area contributed by atoms with Crippen LogP contribution >= 0.6 is 34.9 Å². The molecule has 3 aromatic rings. The Morgan fingerprint density at radius 1 is 1.09 bits per heavy atom. The second kappa shape index (κ2) is 11.2. The van der Waals surface area contributed by atoms with Gasteiger partial charge in [-0.15, -0.1) is 23.5 Å². The standard InChI is InChI=1S/C25H27N3O2S3/c1-16-12-13-20(19(14-16)22(29)17-8-6-7-9-17)26-24(30)28-25-27-21(23(31-2)33-25)15-32-18-10-4-3-5-11-18/h3-5,10-14,17H,6-9,15H2,1-2H3,(H2,26,27,28,30). The molecule has 172 valence electrons. The molecule has 0 atom stereocenters. The lowest BCUT2D eigenvalue weighted by Gasteiger charge is -2.14. The predicted octanol–water partition coefficient (Wildman–Crippen LogP) is 7.48. The lowest BCUT2D eigenvalue weighted by Crippen LogP contribution is -2.22. The van der Waals surface area contributed by atoms with Gasteiger partial charge in [0, 0.05) is 22.1 Å². The fourth-order valence-corrected chi connectivity index (χ4v) is 6.62. The van der Waals surface area contributed by atoms with Gasteiger partial charge in [0.15, 0.2) is 10.9 Å². The maximum atomic E-state index is 13.0. The lowest BCUT2D eigenvalue weighted by molar-refractivity contribution is 0.0923. The second-order valence-electron chi connectivity index (χ2n) is 8.03. The van der Waals surface area contributed by atoms with Crippen LogP contribution in [0.3, 0.4) is 0 Å². The monoisotopic (exact) mass is 497 g/mol. The average molecular weight is 498 g/mol. The van der Waals surface area contributed by atoms with Crippen molar-refractivity contribution in [1.82, 2.24) is 4.98 Å². The molecule has 1 aromatic heterocycles. The summed E-state index contributed by atoms with van der Waals surface area (Å²) in [5.41, 5.74) is 3.12. The third kappa shape index (κ3) is 6.19. The zero-order chi connectivity index (χ0) is 23.2. The Kier molecular flexibility index (Phi) is 8.11. The van der Waals surface area contributed by atoms with Gasteiger partial charge < -0.3 is 5.32 Å². The molecule has 2 aromatic carbocycles. The summed E-state index contributed by atoms with van der Waals surface area (Å²) in [5, 5.41) is 6.29. The first-order chi connectivity index (χ1) is 16.0. The van der Waals surface area contributed by atoms with Gasteiger partial charge in [-0.25, -0.2) is 9.78 Å². The fourth-order valence-electron chi connectivity index (χ4n) is 3.94. The maximum absolute atomic E-state index is 13.0. The van der Waals surface area contributed by atoms with E-state index in [1.807, 2.05) is 49.6 Å². The molecule has 33 heavy (non-hydrogen) atoms. The molecule has 1 aliphatic rings. The molecule has 1 saturated carbocycles. The van der Waals surface area contributed by atoms with Gasteiger partial charge in [0.1, 0.15) is 0 Å². The molecule has 1 fully saturated rings. The van der Waals surface area contributed by atoms with E-state index in [0.717, 1.165) is 46.9 Å². The van der Waals surface area contributed by atoms with Crippen molar-refractivity contribution in [1.29, 1.82) is 0 Å². The zero-order valence-corrected chi connectivity index (χ0v) is 21.2. The molecule has 0 aliphatic heterocycles. The fraction of sp³-hybridized carbons (Fsp3) is 0.320. The highest BCUT2D eigenvalue weighted by Gasteiger charge is 2.26. The van der Waals surface area contributed by atoms with Gasteiger partial charge in [0.2, 0.25) is 0 Å². The molecule has 0 bridgehead atoms. The molecule has 1 heterocycles. The minimum absolute atomic E-state index is 0.0585. The van der Waals surface area contributed by atoms with Gasteiger partial charge in [-0.3, -0.25) is 10.1 Å². The first kappa shape index (κ1) is 23.9. The summed E-state index contributed by atoms with van der Waals surface area (Å²) < 4.78 is 1.08. The van der Waals surface area contributed by atoms with Crippen molar-refractivity contribution in [2.24, 2.45) is 5.92 Å². The van der Waals surface area contributed by atoms with Gasteiger partial charge in [0.25, 0.3) is 0 Å². The molecule has 4 rings (SSSR count). The summed E-state index contributed by atoms with van der Waals surface area (Å²) in [4.78, 5) is 31.7. The Morgan fingerprint density at radius 3 is 2.58 bits per heavy atom. The van der Waals surface area contributed by atoms with Crippen LogP contribution in [-0.2, 0) is 5.75 Å². The van der Waals surface area contributed by atoms with Gasteiger partial charge in [-0.1, -0.05) is 54.0 Å². The number of carbonyl (C=O) groups is 2. The molecule has 2 amide bonds. The number of thiazole rings is 1. The normalized spacial score (nSPS) is 13.8. The van der Waals surface area contributed by atoms with Crippen LogP contribution in [-0.4, -0.2) is 23.1 Å². The van der Waals surface area contributed by atoms with Crippen LogP contribution in [0.5, 0.6) is 0 Å². The predicted molar refractivity (Wildman–Crippen MR) is 140 cm³/mol. The van der Waals surface area contributed by atoms with E-state index < -0.39 is 0 Å². The van der Waals surface area contributed by atoms with E-state index in [0.29, 0.717) is 16.4 Å². The van der Waals surface area contributed by atoms with E-state index in [2.05, 4.69) is 27.8 Å². The summed E-state index contributed by atoms with van der Waals surface area (Å²) in [7, 11) is 0. The maximum Gasteiger partial charge on any atom is 0.325 e. The highest BCUT2D eigenvalue weighted by atomic mass is 32.2. The largest absolute Gasteiger partial charge is 0.325 e. The molecule has 1 aliphatic carbocycles. The summed E-state index contributed by atoms with van der Waals surface area (Å²) in [6, 6.07) is 15.4. The van der Waals surface area contributed by atoms with Crippen molar-refractivity contribution in [3.05, 3.63) is 65.4 Å². The van der Waals surface area contributed by atoms with Crippen LogP contribution in [0.4, 0.5) is 15.6 Å². The van der Waals surface area contributed by atoms with Gasteiger partial charge >= 0.3 is 6.03 Å². The number of aromatic nitrogens is 1. The van der Waals surface area contributed by atoms with E-state index in [1.165, 1.54) is 16.2 Å². The molecule has 5 nitrogen and oxygen atoms in total. The molecular formula is C25H27N3O2S3. The summed E-state index contributed by atoms with van der Waals surface area (Å²) >= 11 is 4.82. The molecule has 0 spiro atoms. The number of hydrogen-bond donors (Lipinski definition) is 2. The lowest BCUT2D eigenvalue weighted by atomic mass is 9.94. The third-order valence-corrected chi connectivity index (χ3v) is 8.79. The number of thioether (sulfide) groups is 2. The molecule has 0 saturated heterocycles. The quantitative estimate of drug-likeness (QED) is 0.249.